The Morgan fingerprint density at radius 1 is 1.03 bits per heavy atom. The lowest BCUT2D eigenvalue weighted by atomic mass is 10.1. The number of para-hydroxylation sites is 1. The van der Waals surface area contributed by atoms with Crippen LogP contribution >= 0.6 is 11.3 Å². The molecular weight excluding hydrogens is 430 g/mol. The summed E-state index contributed by atoms with van der Waals surface area (Å²) in [5.74, 6) is 0. The zero-order chi connectivity index (χ0) is 22.2. The lowest BCUT2D eigenvalue weighted by Gasteiger charge is -2.22. The molecule has 2 heterocycles. The maximum absolute atomic E-state index is 13.2. The number of carbonyl (C=O) groups excluding carboxylic acids is 1. The summed E-state index contributed by atoms with van der Waals surface area (Å²) in [7, 11) is -0.476. The number of benzene rings is 2. The first-order chi connectivity index (χ1) is 14.8. The Morgan fingerprint density at radius 2 is 1.74 bits per heavy atom. The van der Waals surface area contributed by atoms with Gasteiger partial charge in [0.25, 0.3) is 0 Å². The maximum Gasteiger partial charge on any atom is 0.328 e. The highest BCUT2D eigenvalue weighted by atomic mass is 32.2. The summed E-state index contributed by atoms with van der Waals surface area (Å²) in [5, 5.41) is 2.76. The number of rotatable bonds is 5. The average Bonchev–Trinajstić information content (AvgIpc) is 3.40. The highest BCUT2D eigenvalue weighted by Crippen LogP contribution is 2.32. The quantitative estimate of drug-likeness (QED) is 0.480. The van der Waals surface area contributed by atoms with E-state index in [1.165, 1.54) is 16.2 Å². The zero-order valence-electron chi connectivity index (χ0n) is 17.4. The van der Waals surface area contributed by atoms with Crippen LogP contribution in [0, 0.1) is 6.92 Å². The van der Waals surface area contributed by atoms with Crippen LogP contribution in [0.2, 0.25) is 0 Å². The van der Waals surface area contributed by atoms with Crippen LogP contribution in [-0.4, -0.2) is 38.0 Å². The van der Waals surface area contributed by atoms with Crippen LogP contribution in [0.15, 0.2) is 77.0 Å². The fraction of sp³-hybridized carbons (Fsp3) is 0.174. The number of aromatic nitrogens is 1. The van der Waals surface area contributed by atoms with Gasteiger partial charge in [0, 0.05) is 24.4 Å². The number of nitrogens with one attached hydrogen (secondary N) is 1. The number of aryl methyl sites for hydroxylation is 1. The minimum absolute atomic E-state index is 0.182. The highest BCUT2D eigenvalue weighted by molar-refractivity contribution is 7.89. The minimum Gasteiger partial charge on any atom is -0.330 e. The molecule has 0 saturated carbocycles. The van der Waals surface area contributed by atoms with Crippen molar-refractivity contribution in [1.82, 2.24) is 14.2 Å². The van der Waals surface area contributed by atoms with Crippen molar-refractivity contribution in [1.29, 1.82) is 0 Å². The summed E-state index contributed by atoms with van der Waals surface area (Å²) in [6, 6.07) is 18.9. The van der Waals surface area contributed by atoms with Crippen molar-refractivity contribution in [2.45, 2.75) is 17.9 Å². The van der Waals surface area contributed by atoms with E-state index >= 15 is 0 Å². The molecular formula is C23H23N3O3S2. The monoisotopic (exact) mass is 453 g/mol. The Bertz CT molecular complexity index is 1320. The molecule has 160 valence electrons. The van der Waals surface area contributed by atoms with Crippen molar-refractivity contribution >= 4 is 38.3 Å². The number of amides is 1. The summed E-state index contributed by atoms with van der Waals surface area (Å²) in [6.07, 6.45) is 0. The van der Waals surface area contributed by atoms with Crippen LogP contribution in [0.4, 0.5) is 4.79 Å². The molecule has 0 fully saturated rings. The third-order valence-electron chi connectivity index (χ3n) is 5.04. The smallest absolute Gasteiger partial charge is 0.328 e. The van der Waals surface area contributed by atoms with Gasteiger partial charge in [0.2, 0.25) is 10.0 Å². The van der Waals surface area contributed by atoms with E-state index in [4.69, 9.17) is 0 Å². The summed E-state index contributed by atoms with van der Waals surface area (Å²) in [4.78, 5) is 15.6. The molecule has 0 spiro atoms. The lowest BCUT2D eigenvalue weighted by Crippen LogP contribution is -2.34. The third-order valence-corrected chi connectivity index (χ3v) is 7.42. The molecule has 0 aliphatic heterocycles. The molecule has 0 radical (unpaired) electrons. The van der Waals surface area contributed by atoms with E-state index in [0.29, 0.717) is 5.69 Å². The van der Waals surface area contributed by atoms with Gasteiger partial charge in [-0.25, -0.2) is 13.2 Å². The Kier molecular flexibility index (Phi) is 5.70. The first-order valence-corrected chi connectivity index (χ1v) is 12.1. The van der Waals surface area contributed by atoms with E-state index in [9.17, 15) is 13.2 Å². The average molecular weight is 454 g/mol. The van der Waals surface area contributed by atoms with Gasteiger partial charge in [-0.15, -0.1) is 11.3 Å². The van der Waals surface area contributed by atoms with Crippen LogP contribution < -0.4 is 4.72 Å². The first-order valence-electron chi connectivity index (χ1n) is 9.72. The molecule has 31 heavy (non-hydrogen) atoms. The standard InChI is InChI=1S/C23H23N3O3S2/c1-16-10-12-18(13-11-16)31(28,29)24-22(21-9-6-14-30-21)20-15-17-7-4-5-8-19(17)26(20)23(27)25(2)3/h4-15,22,24H,1-3H3. The summed E-state index contributed by atoms with van der Waals surface area (Å²) < 4.78 is 30.9. The molecule has 0 bridgehead atoms. The van der Waals surface area contributed by atoms with Gasteiger partial charge in [0.1, 0.15) is 0 Å². The highest BCUT2D eigenvalue weighted by Gasteiger charge is 2.29. The Balaban J connectivity index is 1.89. The first kappa shape index (κ1) is 21.3. The van der Waals surface area contributed by atoms with Crippen molar-refractivity contribution in [3.8, 4) is 0 Å². The predicted molar refractivity (Wildman–Crippen MR) is 124 cm³/mol. The fourth-order valence-corrected chi connectivity index (χ4v) is 5.51. The summed E-state index contributed by atoms with van der Waals surface area (Å²) in [5.41, 5.74) is 2.27. The largest absolute Gasteiger partial charge is 0.330 e. The molecule has 1 atom stereocenters. The molecule has 0 saturated heterocycles. The third kappa shape index (κ3) is 4.14. The molecule has 1 amide bonds. The van der Waals surface area contributed by atoms with E-state index in [2.05, 4.69) is 4.72 Å². The van der Waals surface area contributed by atoms with Crippen molar-refractivity contribution < 1.29 is 13.2 Å². The van der Waals surface area contributed by atoms with Crippen LogP contribution in [0.25, 0.3) is 10.9 Å². The van der Waals surface area contributed by atoms with E-state index < -0.39 is 16.1 Å². The molecule has 1 unspecified atom stereocenters. The van der Waals surface area contributed by atoms with Gasteiger partial charge in [0.05, 0.1) is 22.1 Å². The molecule has 0 aliphatic carbocycles. The number of fused-ring (bicyclic) bond motifs is 1. The van der Waals surface area contributed by atoms with Crippen molar-refractivity contribution in [2.24, 2.45) is 0 Å². The van der Waals surface area contributed by atoms with Gasteiger partial charge >= 0.3 is 6.03 Å². The van der Waals surface area contributed by atoms with Crippen LogP contribution in [0.3, 0.4) is 0 Å². The van der Waals surface area contributed by atoms with E-state index in [1.807, 2.05) is 54.8 Å². The fourth-order valence-electron chi connectivity index (χ4n) is 3.46. The molecule has 0 aliphatic rings. The SMILES string of the molecule is Cc1ccc(S(=O)(=O)NC(c2cccs2)c2cc3ccccc3n2C(=O)N(C)C)cc1. The van der Waals surface area contributed by atoms with Gasteiger partial charge in [-0.05, 0) is 42.6 Å². The molecule has 8 heteroatoms. The van der Waals surface area contributed by atoms with Gasteiger partial charge in [-0.1, -0.05) is 42.0 Å². The van der Waals surface area contributed by atoms with Gasteiger partial charge in [-0.2, -0.15) is 4.72 Å². The van der Waals surface area contributed by atoms with E-state index in [-0.39, 0.29) is 10.9 Å². The van der Waals surface area contributed by atoms with Gasteiger partial charge in [-0.3, -0.25) is 4.57 Å². The molecule has 6 nitrogen and oxygen atoms in total. The topological polar surface area (TPSA) is 71.4 Å². The Hall–Kier alpha value is -2.94. The normalized spacial score (nSPS) is 12.7. The second-order valence-electron chi connectivity index (χ2n) is 7.52. The Morgan fingerprint density at radius 3 is 2.39 bits per heavy atom. The molecule has 2 aromatic carbocycles. The second-order valence-corrected chi connectivity index (χ2v) is 10.2. The predicted octanol–water partition coefficient (Wildman–Crippen LogP) is 4.61. The van der Waals surface area contributed by atoms with Crippen LogP contribution in [0.1, 0.15) is 22.2 Å². The molecule has 4 rings (SSSR count). The van der Waals surface area contributed by atoms with Crippen LogP contribution in [-0.2, 0) is 10.0 Å². The number of nitrogens with zero attached hydrogens (tertiary/aromatic N) is 2. The van der Waals surface area contributed by atoms with E-state index in [0.717, 1.165) is 21.3 Å². The molecule has 4 aromatic rings. The van der Waals surface area contributed by atoms with E-state index in [1.54, 1.807) is 42.9 Å². The maximum atomic E-state index is 13.2. The lowest BCUT2D eigenvalue weighted by molar-refractivity contribution is 0.219. The number of sulfonamides is 1. The molecule has 1 N–H and O–H groups in total. The van der Waals surface area contributed by atoms with Crippen molar-refractivity contribution in [2.75, 3.05) is 14.1 Å². The summed E-state index contributed by atoms with van der Waals surface area (Å²) >= 11 is 1.44. The minimum atomic E-state index is -3.83. The Labute approximate surface area is 185 Å². The molecule has 2 aromatic heterocycles. The van der Waals surface area contributed by atoms with Crippen molar-refractivity contribution in [3.63, 3.8) is 0 Å². The van der Waals surface area contributed by atoms with Gasteiger partial charge in [0.15, 0.2) is 0 Å². The van der Waals surface area contributed by atoms with Crippen molar-refractivity contribution in [3.05, 3.63) is 88.2 Å². The summed E-state index contributed by atoms with van der Waals surface area (Å²) in [6.45, 7) is 1.91. The number of hydrogen-bond acceptors (Lipinski definition) is 4. The second kappa shape index (κ2) is 8.30. The number of thiophene rings is 1. The zero-order valence-corrected chi connectivity index (χ0v) is 19.1. The number of hydrogen-bond donors (Lipinski definition) is 1. The van der Waals surface area contributed by atoms with Crippen LogP contribution in [0.5, 0.6) is 0 Å². The number of carbonyl (C=O) groups is 1. The van der Waals surface area contributed by atoms with Gasteiger partial charge < -0.3 is 4.90 Å².